The largest absolute Gasteiger partial charge is 0.326 e. The topological polar surface area (TPSA) is 58.2 Å². The molecule has 0 saturated carbocycles. The van der Waals surface area contributed by atoms with Gasteiger partial charge in [-0.2, -0.15) is 0 Å². The number of carbonyl (C=O) groups excluding carboxylic acids is 2. The van der Waals surface area contributed by atoms with Crippen LogP contribution in [-0.2, 0) is 9.59 Å². The third kappa shape index (κ3) is 6.43. The summed E-state index contributed by atoms with van der Waals surface area (Å²) in [7, 11) is 0. The van der Waals surface area contributed by atoms with Gasteiger partial charge in [-0.15, -0.1) is 0 Å². The standard InChI is InChI=1S/C19H30N2O2/c1-5-9-14(4)18(22)20-16-11-8-12-17(13-16)21-19(23)15(7-3)10-6-2/h8,11-15H,5-7,9-10H2,1-4H3,(H,20,22)(H,21,23). The lowest BCUT2D eigenvalue weighted by Gasteiger charge is -2.15. The van der Waals surface area contributed by atoms with Crippen LogP contribution in [0, 0.1) is 11.8 Å². The van der Waals surface area contributed by atoms with Gasteiger partial charge >= 0.3 is 0 Å². The summed E-state index contributed by atoms with van der Waals surface area (Å²) in [5.41, 5.74) is 1.45. The fourth-order valence-electron chi connectivity index (χ4n) is 2.62. The van der Waals surface area contributed by atoms with E-state index in [-0.39, 0.29) is 23.7 Å². The molecule has 0 heterocycles. The number of anilines is 2. The first-order valence-corrected chi connectivity index (χ1v) is 8.73. The lowest BCUT2D eigenvalue weighted by Crippen LogP contribution is -2.22. The Balaban J connectivity index is 2.69. The summed E-state index contributed by atoms with van der Waals surface area (Å²) in [4.78, 5) is 24.3. The fraction of sp³-hybridized carbons (Fsp3) is 0.579. The molecule has 4 heteroatoms. The van der Waals surface area contributed by atoms with E-state index in [1.54, 1.807) is 0 Å². The second-order valence-corrected chi connectivity index (χ2v) is 6.14. The van der Waals surface area contributed by atoms with Crippen molar-refractivity contribution in [3.8, 4) is 0 Å². The van der Waals surface area contributed by atoms with Gasteiger partial charge in [0.15, 0.2) is 0 Å². The molecule has 2 atom stereocenters. The molecule has 0 fully saturated rings. The Morgan fingerprint density at radius 1 is 0.957 bits per heavy atom. The minimum absolute atomic E-state index is 0.00715. The average Bonchev–Trinajstić information content (AvgIpc) is 2.53. The van der Waals surface area contributed by atoms with Crippen molar-refractivity contribution in [1.82, 2.24) is 0 Å². The molecule has 0 spiro atoms. The third-order valence-electron chi connectivity index (χ3n) is 4.07. The van der Waals surface area contributed by atoms with Crippen LogP contribution in [0.25, 0.3) is 0 Å². The fourth-order valence-corrected chi connectivity index (χ4v) is 2.62. The number of hydrogen-bond acceptors (Lipinski definition) is 2. The Labute approximate surface area is 140 Å². The van der Waals surface area contributed by atoms with E-state index in [4.69, 9.17) is 0 Å². The molecular weight excluding hydrogens is 288 g/mol. The smallest absolute Gasteiger partial charge is 0.227 e. The van der Waals surface area contributed by atoms with Crippen molar-refractivity contribution >= 4 is 23.2 Å². The maximum atomic E-state index is 12.3. The van der Waals surface area contributed by atoms with E-state index in [1.807, 2.05) is 38.1 Å². The molecule has 0 aliphatic carbocycles. The second-order valence-electron chi connectivity index (χ2n) is 6.14. The summed E-state index contributed by atoms with van der Waals surface area (Å²) < 4.78 is 0. The van der Waals surface area contributed by atoms with Crippen LogP contribution in [0.3, 0.4) is 0 Å². The van der Waals surface area contributed by atoms with E-state index in [9.17, 15) is 9.59 Å². The Bertz CT molecular complexity index is 514. The maximum Gasteiger partial charge on any atom is 0.227 e. The van der Waals surface area contributed by atoms with Crippen molar-refractivity contribution in [3.05, 3.63) is 24.3 Å². The Morgan fingerprint density at radius 2 is 1.52 bits per heavy atom. The first kappa shape index (κ1) is 19.2. The highest BCUT2D eigenvalue weighted by Crippen LogP contribution is 2.19. The summed E-state index contributed by atoms with van der Waals surface area (Å²) in [6.07, 6.45) is 4.59. The van der Waals surface area contributed by atoms with E-state index in [0.717, 1.165) is 43.5 Å². The Kier molecular flexibility index (Phi) is 8.38. The van der Waals surface area contributed by atoms with Crippen LogP contribution < -0.4 is 10.6 Å². The third-order valence-corrected chi connectivity index (χ3v) is 4.07. The molecule has 0 saturated heterocycles. The van der Waals surface area contributed by atoms with Crippen molar-refractivity contribution in [1.29, 1.82) is 0 Å². The zero-order chi connectivity index (χ0) is 17.2. The molecule has 23 heavy (non-hydrogen) atoms. The monoisotopic (exact) mass is 318 g/mol. The number of amides is 2. The molecule has 0 aliphatic heterocycles. The number of benzene rings is 1. The van der Waals surface area contributed by atoms with Crippen LogP contribution in [0.4, 0.5) is 11.4 Å². The van der Waals surface area contributed by atoms with Gasteiger partial charge in [0.05, 0.1) is 0 Å². The number of nitrogens with one attached hydrogen (secondary N) is 2. The zero-order valence-corrected chi connectivity index (χ0v) is 14.8. The minimum atomic E-state index is -0.00715. The van der Waals surface area contributed by atoms with Gasteiger partial charge in [-0.25, -0.2) is 0 Å². The summed E-state index contributed by atoms with van der Waals surface area (Å²) in [6.45, 7) is 8.12. The SMILES string of the molecule is CCCC(C)C(=O)Nc1cccc(NC(=O)C(CC)CCC)c1. The van der Waals surface area contributed by atoms with E-state index >= 15 is 0 Å². The van der Waals surface area contributed by atoms with Gasteiger partial charge in [0, 0.05) is 23.2 Å². The van der Waals surface area contributed by atoms with Crippen LogP contribution in [0.2, 0.25) is 0 Å². The predicted molar refractivity (Wildman–Crippen MR) is 96.5 cm³/mol. The van der Waals surface area contributed by atoms with Gasteiger partial charge in [0.25, 0.3) is 0 Å². The van der Waals surface area contributed by atoms with Gasteiger partial charge < -0.3 is 10.6 Å². The molecule has 1 aromatic rings. The van der Waals surface area contributed by atoms with Crippen LogP contribution in [0.15, 0.2) is 24.3 Å². The molecule has 0 bridgehead atoms. The van der Waals surface area contributed by atoms with Crippen molar-refractivity contribution in [3.63, 3.8) is 0 Å². The van der Waals surface area contributed by atoms with E-state index in [0.29, 0.717) is 0 Å². The lowest BCUT2D eigenvalue weighted by atomic mass is 10.00. The van der Waals surface area contributed by atoms with E-state index < -0.39 is 0 Å². The van der Waals surface area contributed by atoms with Crippen molar-refractivity contribution in [2.75, 3.05) is 10.6 Å². The van der Waals surface area contributed by atoms with Crippen LogP contribution >= 0.6 is 0 Å². The summed E-state index contributed by atoms with van der Waals surface area (Å²) in [5.74, 6) is 0.111. The van der Waals surface area contributed by atoms with Crippen molar-refractivity contribution in [2.45, 2.75) is 59.8 Å². The highest BCUT2D eigenvalue weighted by molar-refractivity contribution is 5.95. The van der Waals surface area contributed by atoms with Crippen LogP contribution in [0.1, 0.15) is 59.8 Å². The molecule has 1 aromatic carbocycles. The molecule has 4 nitrogen and oxygen atoms in total. The van der Waals surface area contributed by atoms with Gasteiger partial charge in [-0.3, -0.25) is 9.59 Å². The van der Waals surface area contributed by atoms with Gasteiger partial charge in [0.2, 0.25) is 11.8 Å². The summed E-state index contributed by atoms with van der Waals surface area (Å²) >= 11 is 0. The van der Waals surface area contributed by atoms with Gasteiger partial charge in [-0.05, 0) is 37.5 Å². The lowest BCUT2D eigenvalue weighted by molar-refractivity contribution is -0.120. The molecule has 2 N–H and O–H groups in total. The number of rotatable bonds is 9. The normalized spacial score (nSPS) is 13.2. The quantitative estimate of drug-likeness (QED) is 0.685. The molecule has 0 aliphatic rings. The molecular formula is C19H30N2O2. The Hall–Kier alpha value is -1.84. The second kappa shape index (κ2) is 10.0. The number of hydrogen-bond donors (Lipinski definition) is 2. The zero-order valence-electron chi connectivity index (χ0n) is 14.8. The van der Waals surface area contributed by atoms with Gasteiger partial charge in [-0.1, -0.05) is 46.6 Å². The van der Waals surface area contributed by atoms with Gasteiger partial charge in [0.1, 0.15) is 0 Å². The average molecular weight is 318 g/mol. The summed E-state index contributed by atoms with van der Waals surface area (Å²) in [5, 5.41) is 5.87. The molecule has 128 valence electrons. The highest BCUT2D eigenvalue weighted by Gasteiger charge is 2.16. The van der Waals surface area contributed by atoms with Crippen molar-refractivity contribution in [2.24, 2.45) is 11.8 Å². The minimum Gasteiger partial charge on any atom is -0.326 e. The molecule has 1 rings (SSSR count). The molecule has 0 aromatic heterocycles. The van der Waals surface area contributed by atoms with Crippen LogP contribution in [0.5, 0.6) is 0 Å². The first-order valence-electron chi connectivity index (χ1n) is 8.73. The van der Waals surface area contributed by atoms with Crippen LogP contribution in [-0.4, -0.2) is 11.8 Å². The predicted octanol–water partition coefficient (Wildman–Crippen LogP) is 4.83. The first-order chi connectivity index (χ1) is 11.0. The van der Waals surface area contributed by atoms with E-state index in [2.05, 4.69) is 24.5 Å². The van der Waals surface area contributed by atoms with Crippen molar-refractivity contribution < 1.29 is 9.59 Å². The van der Waals surface area contributed by atoms with E-state index in [1.165, 1.54) is 0 Å². The molecule has 0 radical (unpaired) electrons. The Morgan fingerprint density at radius 3 is 2.04 bits per heavy atom. The number of carbonyl (C=O) groups is 2. The highest BCUT2D eigenvalue weighted by atomic mass is 16.2. The molecule has 2 amide bonds. The maximum absolute atomic E-state index is 12.3. The summed E-state index contributed by atoms with van der Waals surface area (Å²) in [6, 6.07) is 7.35. The molecule has 2 unspecified atom stereocenters.